The molecule has 1 saturated heterocycles. The molecule has 1 aromatic carbocycles. The smallest absolute Gasteiger partial charge is 0.201 e. The third kappa shape index (κ3) is 2.55. The highest BCUT2D eigenvalue weighted by Gasteiger charge is 2.20. The molecule has 0 spiro atoms. The molecule has 0 amide bonds. The maximum absolute atomic E-state index is 13.8. The van der Waals surface area contributed by atoms with Gasteiger partial charge in [-0.25, -0.2) is 9.37 Å². The standard InChI is InChI=1S/C15H21FN4O/c1-10(9-19-5-3-4-6-19)20-13-8-14(21-2)11(16)7-12(13)18-15(20)17/h7-8,10H,3-6,9H2,1-2H3,(H2,17,18). The summed E-state index contributed by atoms with van der Waals surface area (Å²) in [6, 6.07) is 3.24. The predicted molar refractivity (Wildman–Crippen MR) is 81.0 cm³/mol. The molecule has 2 heterocycles. The summed E-state index contributed by atoms with van der Waals surface area (Å²) in [5, 5.41) is 0. The molecule has 2 N–H and O–H groups in total. The minimum Gasteiger partial charge on any atom is -0.494 e. The van der Waals surface area contributed by atoms with E-state index in [0.717, 1.165) is 25.2 Å². The van der Waals surface area contributed by atoms with E-state index in [0.29, 0.717) is 11.5 Å². The lowest BCUT2D eigenvalue weighted by atomic mass is 10.2. The molecule has 0 bridgehead atoms. The third-order valence-electron chi connectivity index (χ3n) is 4.15. The van der Waals surface area contributed by atoms with E-state index in [4.69, 9.17) is 10.5 Å². The van der Waals surface area contributed by atoms with Crippen LogP contribution in [-0.4, -0.2) is 41.2 Å². The van der Waals surface area contributed by atoms with Gasteiger partial charge in [-0.05, 0) is 32.9 Å². The minimum absolute atomic E-state index is 0.184. The summed E-state index contributed by atoms with van der Waals surface area (Å²) in [5.41, 5.74) is 7.43. The van der Waals surface area contributed by atoms with Gasteiger partial charge in [0.15, 0.2) is 11.6 Å². The van der Waals surface area contributed by atoms with Crippen molar-refractivity contribution in [2.75, 3.05) is 32.5 Å². The Kier molecular flexibility index (Phi) is 3.71. The van der Waals surface area contributed by atoms with Crippen molar-refractivity contribution in [3.8, 4) is 5.75 Å². The zero-order chi connectivity index (χ0) is 15.0. The fourth-order valence-electron chi connectivity index (χ4n) is 3.16. The molecule has 1 unspecified atom stereocenters. The molecule has 6 heteroatoms. The summed E-state index contributed by atoms with van der Waals surface area (Å²) in [6.07, 6.45) is 2.51. The molecule has 21 heavy (non-hydrogen) atoms. The Hall–Kier alpha value is -1.82. The lowest BCUT2D eigenvalue weighted by molar-refractivity contribution is 0.291. The first kappa shape index (κ1) is 14.1. The number of nitrogens with zero attached hydrogens (tertiary/aromatic N) is 3. The van der Waals surface area contributed by atoms with Crippen molar-refractivity contribution < 1.29 is 9.13 Å². The number of anilines is 1. The van der Waals surface area contributed by atoms with Crippen molar-refractivity contribution in [1.82, 2.24) is 14.5 Å². The third-order valence-corrected chi connectivity index (χ3v) is 4.15. The maximum atomic E-state index is 13.8. The van der Waals surface area contributed by atoms with Crippen molar-refractivity contribution in [2.45, 2.75) is 25.8 Å². The average molecular weight is 292 g/mol. The van der Waals surface area contributed by atoms with Crippen molar-refractivity contribution in [2.24, 2.45) is 0 Å². The molecule has 2 aromatic rings. The number of halogens is 1. The summed E-state index contributed by atoms with van der Waals surface area (Å²) < 4.78 is 20.8. The van der Waals surface area contributed by atoms with Gasteiger partial charge in [0.05, 0.1) is 18.1 Å². The van der Waals surface area contributed by atoms with E-state index in [2.05, 4.69) is 16.8 Å². The number of imidazole rings is 1. The van der Waals surface area contributed by atoms with Crippen molar-refractivity contribution in [1.29, 1.82) is 0 Å². The highest BCUT2D eigenvalue weighted by Crippen LogP contribution is 2.29. The zero-order valence-electron chi connectivity index (χ0n) is 12.5. The highest BCUT2D eigenvalue weighted by molar-refractivity contribution is 5.80. The van der Waals surface area contributed by atoms with Gasteiger partial charge >= 0.3 is 0 Å². The lowest BCUT2D eigenvalue weighted by Gasteiger charge is -2.22. The topological polar surface area (TPSA) is 56.3 Å². The van der Waals surface area contributed by atoms with Crippen LogP contribution in [-0.2, 0) is 0 Å². The molecule has 0 saturated carbocycles. The summed E-state index contributed by atoms with van der Waals surface area (Å²) >= 11 is 0. The molecule has 1 aliphatic heterocycles. The number of nitrogen functional groups attached to an aromatic ring is 1. The van der Waals surface area contributed by atoms with E-state index in [9.17, 15) is 4.39 Å². The number of nitrogens with two attached hydrogens (primary N) is 1. The Labute approximate surface area is 123 Å². The lowest BCUT2D eigenvalue weighted by Crippen LogP contribution is -2.27. The van der Waals surface area contributed by atoms with Crippen LogP contribution in [0, 0.1) is 5.82 Å². The van der Waals surface area contributed by atoms with Crippen LogP contribution in [0.25, 0.3) is 11.0 Å². The molecule has 1 atom stereocenters. The van der Waals surface area contributed by atoms with Crippen LogP contribution in [0.4, 0.5) is 10.3 Å². The zero-order valence-corrected chi connectivity index (χ0v) is 12.5. The second-order valence-electron chi connectivity index (χ2n) is 5.67. The Morgan fingerprint density at radius 3 is 2.76 bits per heavy atom. The van der Waals surface area contributed by atoms with Gasteiger partial charge < -0.3 is 19.9 Å². The number of hydrogen-bond acceptors (Lipinski definition) is 4. The van der Waals surface area contributed by atoms with Crippen molar-refractivity contribution in [3.05, 3.63) is 17.9 Å². The second kappa shape index (κ2) is 5.52. The molecule has 0 aliphatic carbocycles. The largest absolute Gasteiger partial charge is 0.494 e. The van der Waals surface area contributed by atoms with Gasteiger partial charge in [-0.2, -0.15) is 0 Å². The molecular weight excluding hydrogens is 271 g/mol. The second-order valence-corrected chi connectivity index (χ2v) is 5.67. The first-order valence-corrected chi connectivity index (χ1v) is 7.33. The fourth-order valence-corrected chi connectivity index (χ4v) is 3.16. The van der Waals surface area contributed by atoms with Gasteiger partial charge in [-0.3, -0.25) is 0 Å². The molecule has 114 valence electrons. The highest BCUT2D eigenvalue weighted by atomic mass is 19.1. The number of benzene rings is 1. The molecule has 3 rings (SSSR count). The normalized spacial score (nSPS) is 17.5. The van der Waals surface area contributed by atoms with E-state index < -0.39 is 5.82 Å². The number of rotatable bonds is 4. The van der Waals surface area contributed by atoms with E-state index >= 15 is 0 Å². The summed E-state index contributed by atoms with van der Waals surface area (Å²) in [6.45, 7) is 5.31. The minimum atomic E-state index is -0.415. The van der Waals surface area contributed by atoms with Gasteiger partial charge in [-0.15, -0.1) is 0 Å². The van der Waals surface area contributed by atoms with E-state index in [1.807, 2.05) is 4.57 Å². The van der Waals surface area contributed by atoms with Crippen LogP contribution >= 0.6 is 0 Å². The van der Waals surface area contributed by atoms with Crippen LogP contribution in [0.15, 0.2) is 12.1 Å². The van der Waals surface area contributed by atoms with Gasteiger partial charge in [0.25, 0.3) is 0 Å². The predicted octanol–water partition coefficient (Wildman–Crippen LogP) is 2.42. The molecule has 1 fully saturated rings. The first-order chi connectivity index (χ1) is 10.1. The number of ether oxygens (including phenoxy) is 1. The summed E-state index contributed by atoms with van der Waals surface area (Å²) in [7, 11) is 1.46. The number of methoxy groups -OCH3 is 1. The summed E-state index contributed by atoms with van der Waals surface area (Å²) in [5.74, 6) is 0.225. The molecular formula is C15H21FN4O. The van der Waals surface area contributed by atoms with Crippen molar-refractivity contribution >= 4 is 17.0 Å². The first-order valence-electron chi connectivity index (χ1n) is 7.33. The monoisotopic (exact) mass is 292 g/mol. The molecule has 1 aromatic heterocycles. The Morgan fingerprint density at radius 1 is 1.38 bits per heavy atom. The van der Waals surface area contributed by atoms with Gasteiger partial charge in [0.2, 0.25) is 5.95 Å². The van der Waals surface area contributed by atoms with Gasteiger partial charge in [0.1, 0.15) is 0 Å². The van der Waals surface area contributed by atoms with E-state index in [1.165, 1.54) is 26.0 Å². The SMILES string of the molecule is COc1cc2c(cc1F)nc(N)n2C(C)CN1CCCC1. The fraction of sp³-hybridized carbons (Fsp3) is 0.533. The van der Waals surface area contributed by atoms with Crippen LogP contribution in [0.3, 0.4) is 0 Å². The molecule has 0 radical (unpaired) electrons. The maximum Gasteiger partial charge on any atom is 0.201 e. The van der Waals surface area contributed by atoms with Crippen molar-refractivity contribution in [3.63, 3.8) is 0 Å². The Morgan fingerprint density at radius 2 is 2.10 bits per heavy atom. The van der Waals surface area contributed by atoms with Crippen LogP contribution in [0.2, 0.25) is 0 Å². The molecule has 1 aliphatic rings. The van der Waals surface area contributed by atoms with Crippen LogP contribution in [0.5, 0.6) is 5.75 Å². The van der Waals surface area contributed by atoms with E-state index in [1.54, 1.807) is 6.07 Å². The Bertz CT molecular complexity index is 649. The number of hydrogen-bond donors (Lipinski definition) is 1. The number of aromatic nitrogens is 2. The quantitative estimate of drug-likeness (QED) is 0.940. The number of fused-ring (bicyclic) bond motifs is 1. The van der Waals surface area contributed by atoms with Crippen LogP contribution < -0.4 is 10.5 Å². The van der Waals surface area contributed by atoms with Gasteiger partial charge in [0, 0.05) is 24.7 Å². The van der Waals surface area contributed by atoms with Crippen LogP contribution in [0.1, 0.15) is 25.8 Å². The van der Waals surface area contributed by atoms with E-state index in [-0.39, 0.29) is 11.8 Å². The average Bonchev–Trinajstić information content (AvgIpc) is 3.04. The molecule has 5 nitrogen and oxygen atoms in total. The Balaban J connectivity index is 1.98. The summed E-state index contributed by atoms with van der Waals surface area (Å²) in [4.78, 5) is 6.70. The number of likely N-dealkylation sites (tertiary alicyclic amines) is 1. The van der Waals surface area contributed by atoms with Gasteiger partial charge in [-0.1, -0.05) is 0 Å².